The Morgan fingerprint density at radius 1 is 0.961 bits per heavy atom. The predicted octanol–water partition coefficient (Wildman–Crippen LogP) is 7.25. The normalized spacial score (nSPS) is 21.5. The van der Waals surface area contributed by atoms with Crippen molar-refractivity contribution in [1.82, 2.24) is 15.1 Å². The standard InChI is InChI=1S/C40H55N5O6/c1-27-24-45(28(2)26-46)38(47)34-23-32(41-39(48)43-35-19-12-15-30-14-8-9-18-33(30)35)20-21-36(34)51-29(3)13-10-11-22-50-37(27)25-44(4)40(49)42-31-16-6-5-7-17-31/h8-9,12,14-15,18-21,23,27-29,31,37,46H,5-7,10-11,13,16-17,22,24-26H2,1-4H3,(H,42,49)(H2,41,43,48)/t27-,28-,29+,37-/m1/s1. The fraction of sp³-hybridized carbons (Fsp3) is 0.525. The van der Waals surface area contributed by atoms with Crippen molar-refractivity contribution in [3.05, 3.63) is 66.2 Å². The summed E-state index contributed by atoms with van der Waals surface area (Å²) < 4.78 is 12.8. The molecule has 1 fully saturated rings. The third-order valence-corrected chi connectivity index (χ3v) is 10.1. The molecule has 51 heavy (non-hydrogen) atoms. The van der Waals surface area contributed by atoms with Crippen molar-refractivity contribution in [3.63, 3.8) is 0 Å². The van der Waals surface area contributed by atoms with E-state index >= 15 is 0 Å². The molecule has 1 aliphatic carbocycles. The molecule has 0 spiro atoms. The molecule has 0 saturated heterocycles. The quantitative estimate of drug-likeness (QED) is 0.205. The van der Waals surface area contributed by atoms with Crippen molar-refractivity contribution in [3.8, 4) is 5.75 Å². The SMILES string of the molecule is C[C@@H]1CN([C@H](C)CO)C(=O)c2cc(NC(=O)Nc3cccc4ccccc34)ccc2O[C@@H](C)CCCCO[C@@H]1CN(C)C(=O)NC1CCCCC1. The summed E-state index contributed by atoms with van der Waals surface area (Å²) in [7, 11) is 1.79. The Balaban J connectivity index is 1.36. The Labute approximate surface area is 302 Å². The molecule has 0 aromatic heterocycles. The Morgan fingerprint density at radius 2 is 1.71 bits per heavy atom. The number of nitrogens with one attached hydrogen (secondary N) is 3. The van der Waals surface area contributed by atoms with Gasteiger partial charge in [-0.05, 0) is 75.6 Å². The molecule has 11 heteroatoms. The van der Waals surface area contributed by atoms with Gasteiger partial charge < -0.3 is 40.3 Å². The first-order valence-electron chi connectivity index (χ1n) is 18.5. The molecule has 1 heterocycles. The van der Waals surface area contributed by atoms with E-state index < -0.39 is 12.1 Å². The average Bonchev–Trinajstić information content (AvgIpc) is 3.13. The maximum absolute atomic E-state index is 14.5. The van der Waals surface area contributed by atoms with Crippen LogP contribution in [0.5, 0.6) is 5.75 Å². The first kappa shape index (κ1) is 37.9. The van der Waals surface area contributed by atoms with E-state index in [1.807, 2.05) is 56.3 Å². The van der Waals surface area contributed by atoms with Crippen LogP contribution < -0.4 is 20.7 Å². The van der Waals surface area contributed by atoms with Crippen LogP contribution in [0, 0.1) is 5.92 Å². The summed E-state index contributed by atoms with van der Waals surface area (Å²) >= 11 is 0. The zero-order valence-electron chi connectivity index (χ0n) is 30.5. The van der Waals surface area contributed by atoms with Gasteiger partial charge >= 0.3 is 12.1 Å². The highest BCUT2D eigenvalue weighted by Crippen LogP contribution is 2.29. The second kappa shape index (κ2) is 18.2. The number of aliphatic hydroxyl groups excluding tert-OH is 1. The average molecular weight is 702 g/mol. The van der Waals surface area contributed by atoms with Crippen molar-refractivity contribution in [2.45, 2.75) is 96.4 Å². The predicted molar refractivity (Wildman–Crippen MR) is 201 cm³/mol. The van der Waals surface area contributed by atoms with Gasteiger partial charge in [-0.25, -0.2) is 9.59 Å². The van der Waals surface area contributed by atoms with Crippen LogP contribution in [0.1, 0.15) is 82.5 Å². The molecule has 0 unspecified atom stereocenters. The fourth-order valence-corrected chi connectivity index (χ4v) is 6.97. The van der Waals surface area contributed by atoms with Gasteiger partial charge in [-0.2, -0.15) is 0 Å². The zero-order chi connectivity index (χ0) is 36.3. The van der Waals surface area contributed by atoms with Gasteiger partial charge in [-0.3, -0.25) is 4.79 Å². The maximum Gasteiger partial charge on any atom is 0.323 e. The Morgan fingerprint density at radius 3 is 2.49 bits per heavy atom. The number of likely N-dealkylation sites (N-methyl/N-ethyl adjacent to an activating group) is 1. The number of fused-ring (bicyclic) bond motifs is 2. The second-order valence-corrected chi connectivity index (χ2v) is 14.3. The van der Waals surface area contributed by atoms with Crippen LogP contribution >= 0.6 is 0 Å². The van der Waals surface area contributed by atoms with Gasteiger partial charge in [0.05, 0.1) is 36.1 Å². The lowest BCUT2D eigenvalue weighted by molar-refractivity contribution is -0.0123. The molecular formula is C40H55N5O6. The summed E-state index contributed by atoms with van der Waals surface area (Å²) in [6.45, 7) is 6.72. The summed E-state index contributed by atoms with van der Waals surface area (Å²) in [5.74, 6) is -0.0888. The number of hydrogen-bond donors (Lipinski definition) is 4. The number of hydrogen-bond acceptors (Lipinski definition) is 6. The van der Waals surface area contributed by atoms with Crippen LogP contribution in [0.4, 0.5) is 21.0 Å². The van der Waals surface area contributed by atoms with Crippen molar-refractivity contribution >= 4 is 40.1 Å². The zero-order valence-corrected chi connectivity index (χ0v) is 30.5. The van der Waals surface area contributed by atoms with E-state index in [9.17, 15) is 19.5 Å². The van der Waals surface area contributed by atoms with Crippen LogP contribution in [0.15, 0.2) is 60.7 Å². The molecule has 2 aliphatic rings. The van der Waals surface area contributed by atoms with E-state index in [1.165, 1.54) is 6.42 Å². The van der Waals surface area contributed by atoms with Gasteiger partial charge in [0, 0.05) is 49.8 Å². The Hall–Kier alpha value is -4.35. The van der Waals surface area contributed by atoms with Gasteiger partial charge in [-0.1, -0.05) is 62.6 Å². The van der Waals surface area contributed by atoms with Crippen LogP contribution in [-0.2, 0) is 4.74 Å². The fourth-order valence-electron chi connectivity index (χ4n) is 6.97. The van der Waals surface area contributed by atoms with Crippen LogP contribution in [0.2, 0.25) is 0 Å². The van der Waals surface area contributed by atoms with E-state index in [-0.39, 0.29) is 54.8 Å². The number of aliphatic hydroxyl groups is 1. The monoisotopic (exact) mass is 701 g/mol. The highest BCUT2D eigenvalue weighted by atomic mass is 16.5. The maximum atomic E-state index is 14.5. The molecule has 4 atom stereocenters. The van der Waals surface area contributed by atoms with Gasteiger partial charge in [0.1, 0.15) is 5.75 Å². The minimum Gasteiger partial charge on any atom is -0.490 e. The summed E-state index contributed by atoms with van der Waals surface area (Å²) in [6, 6.07) is 17.7. The first-order valence-corrected chi connectivity index (χ1v) is 18.5. The lowest BCUT2D eigenvalue weighted by Gasteiger charge is -2.36. The van der Waals surface area contributed by atoms with E-state index in [0.717, 1.165) is 55.7 Å². The largest absolute Gasteiger partial charge is 0.490 e. The number of amides is 5. The minimum atomic E-state index is -0.516. The summed E-state index contributed by atoms with van der Waals surface area (Å²) in [5, 5.41) is 21.2. The van der Waals surface area contributed by atoms with E-state index in [2.05, 4.69) is 16.0 Å². The molecule has 276 valence electrons. The number of nitrogens with zero attached hydrogens (tertiary/aromatic N) is 2. The molecule has 5 amide bonds. The number of anilines is 2. The number of ether oxygens (including phenoxy) is 2. The van der Waals surface area contributed by atoms with Crippen molar-refractivity contribution in [1.29, 1.82) is 0 Å². The topological polar surface area (TPSA) is 132 Å². The molecule has 0 radical (unpaired) electrons. The van der Waals surface area contributed by atoms with Crippen LogP contribution in [0.3, 0.4) is 0 Å². The lowest BCUT2D eigenvalue weighted by atomic mass is 9.96. The Kier molecular flexibility index (Phi) is 13.5. The number of urea groups is 2. The highest BCUT2D eigenvalue weighted by Gasteiger charge is 2.31. The molecule has 0 bridgehead atoms. The molecule has 11 nitrogen and oxygen atoms in total. The molecule has 3 aromatic carbocycles. The van der Waals surface area contributed by atoms with Crippen molar-refractivity contribution in [2.75, 3.05) is 44.0 Å². The summed E-state index contributed by atoms with van der Waals surface area (Å²) in [5.41, 5.74) is 1.38. The molecule has 5 rings (SSSR count). The second-order valence-electron chi connectivity index (χ2n) is 14.3. The molecular weight excluding hydrogens is 646 g/mol. The molecule has 1 saturated carbocycles. The third-order valence-electron chi connectivity index (χ3n) is 10.1. The third kappa shape index (κ3) is 10.4. The van der Waals surface area contributed by atoms with Crippen molar-refractivity contribution in [2.24, 2.45) is 5.92 Å². The molecule has 3 aromatic rings. The highest BCUT2D eigenvalue weighted by molar-refractivity contribution is 6.07. The van der Waals surface area contributed by atoms with E-state index in [1.54, 1.807) is 42.0 Å². The van der Waals surface area contributed by atoms with Crippen LogP contribution in [0.25, 0.3) is 10.8 Å². The lowest BCUT2D eigenvalue weighted by Crippen LogP contribution is -2.50. The smallest absolute Gasteiger partial charge is 0.323 e. The van der Waals surface area contributed by atoms with Gasteiger partial charge in [-0.15, -0.1) is 0 Å². The van der Waals surface area contributed by atoms with E-state index in [0.29, 0.717) is 30.3 Å². The van der Waals surface area contributed by atoms with Gasteiger partial charge in [0.25, 0.3) is 5.91 Å². The summed E-state index contributed by atoms with van der Waals surface area (Å²) in [4.78, 5) is 44.2. The minimum absolute atomic E-state index is 0.113. The number of carbonyl (C=O) groups is 3. The molecule has 1 aliphatic heterocycles. The van der Waals surface area contributed by atoms with Crippen LogP contribution in [-0.4, -0.2) is 90.5 Å². The number of carbonyl (C=O) groups excluding carboxylic acids is 3. The number of benzene rings is 3. The van der Waals surface area contributed by atoms with Gasteiger partial charge in [0.15, 0.2) is 0 Å². The summed E-state index contributed by atoms with van der Waals surface area (Å²) in [6.07, 6.45) is 7.41. The van der Waals surface area contributed by atoms with Crippen molar-refractivity contribution < 1.29 is 29.0 Å². The van der Waals surface area contributed by atoms with Gasteiger partial charge in [0.2, 0.25) is 0 Å². The Bertz CT molecular complexity index is 1620. The first-order chi connectivity index (χ1) is 24.6. The number of rotatable bonds is 7. The van der Waals surface area contributed by atoms with E-state index in [4.69, 9.17) is 9.47 Å². The molecule has 4 N–H and O–H groups in total.